The van der Waals surface area contributed by atoms with Crippen LogP contribution in [0, 0.1) is 13.8 Å². The number of methoxy groups -OCH3 is 1. The number of hydrogen-bond acceptors (Lipinski definition) is 4. The molecule has 0 saturated carbocycles. The maximum absolute atomic E-state index is 11.4. The van der Waals surface area contributed by atoms with Crippen LogP contribution in [-0.4, -0.2) is 19.7 Å². The lowest BCUT2D eigenvalue weighted by Crippen LogP contribution is -2.15. The number of halogens is 1. The van der Waals surface area contributed by atoms with E-state index in [1.165, 1.54) is 0 Å². The smallest absolute Gasteiger partial charge is 0.305 e. The van der Waals surface area contributed by atoms with Gasteiger partial charge in [-0.15, -0.1) is 0 Å². The molecule has 4 nitrogen and oxygen atoms in total. The molecule has 0 radical (unpaired) electrons. The average Bonchev–Trinajstić information content (AvgIpc) is 2.42. The summed E-state index contributed by atoms with van der Waals surface area (Å²) in [5.41, 5.74) is 9.46. The molecule has 0 aliphatic carbocycles. The van der Waals surface area contributed by atoms with Crippen molar-refractivity contribution in [3.63, 3.8) is 0 Å². The standard InChI is InChI=1S/C16H24BrNO3/c1-5-21-14(19)8-6-7-13(18)15-11(3)12(17)9-10(2)16(15)20-4/h9,13H,5-8,18H2,1-4H3. The molecule has 0 amide bonds. The zero-order valence-electron chi connectivity index (χ0n) is 13.2. The number of ether oxygens (including phenoxy) is 2. The van der Waals surface area contributed by atoms with Gasteiger partial charge in [-0.25, -0.2) is 0 Å². The summed E-state index contributed by atoms with van der Waals surface area (Å²) in [5.74, 6) is 0.665. The Labute approximate surface area is 135 Å². The van der Waals surface area contributed by atoms with Crippen molar-refractivity contribution in [3.8, 4) is 5.75 Å². The Morgan fingerprint density at radius 1 is 1.43 bits per heavy atom. The van der Waals surface area contributed by atoms with Gasteiger partial charge in [0.05, 0.1) is 13.7 Å². The van der Waals surface area contributed by atoms with Gasteiger partial charge in [-0.1, -0.05) is 15.9 Å². The van der Waals surface area contributed by atoms with Gasteiger partial charge in [0, 0.05) is 22.5 Å². The zero-order chi connectivity index (χ0) is 16.0. The van der Waals surface area contributed by atoms with E-state index in [9.17, 15) is 4.79 Å². The van der Waals surface area contributed by atoms with Gasteiger partial charge in [0.15, 0.2) is 0 Å². The van der Waals surface area contributed by atoms with Crippen LogP contribution in [0.4, 0.5) is 0 Å². The fourth-order valence-corrected chi connectivity index (χ4v) is 2.99. The molecule has 0 heterocycles. The lowest BCUT2D eigenvalue weighted by Gasteiger charge is -2.21. The Morgan fingerprint density at radius 2 is 2.10 bits per heavy atom. The van der Waals surface area contributed by atoms with Gasteiger partial charge < -0.3 is 15.2 Å². The number of hydrogen-bond donors (Lipinski definition) is 1. The number of carbonyl (C=O) groups excluding carboxylic acids is 1. The molecule has 1 atom stereocenters. The summed E-state index contributed by atoms with van der Waals surface area (Å²) >= 11 is 3.56. The molecular formula is C16H24BrNO3. The van der Waals surface area contributed by atoms with E-state index in [2.05, 4.69) is 15.9 Å². The molecule has 0 spiro atoms. The molecule has 2 N–H and O–H groups in total. The van der Waals surface area contributed by atoms with Crippen molar-refractivity contribution in [2.24, 2.45) is 5.73 Å². The Kier molecular flexibility index (Phi) is 7.18. The highest BCUT2D eigenvalue weighted by atomic mass is 79.9. The largest absolute Gasteiger partial charge is 0.496 e. The normalized spacial score (nSPS) is 12.1. The second kappa shape index (κ2) is 8.39. The third-order valence-electron chi connectivity index (χ3n) is 3.48. The van der Waals surface area contributed by atoms with E-state index < -0.39 is 0 Å². The molecule has 1 unspecified atom stereocenters. The summed E-state index contributed by atoms with van der Waals surface area (Å²) in [7, 11) is 1.66. The molecule has 118 valence electrons. The van der Waals surface area contributed by atoms with E-state index in [-0.39, 0.29) is 12.0 Å². The predicted octanol–water partition coefficient (Wildman–Crippen LogP) is 3.81. The fraction of sp³-hybridized carbons (Fsp3) is 0.562. The lowest BCUT2D eigenvalue weighted by atomic mass is 9.94. The highest BCUT2D eigenvalue weighted by molar-refractivity contribution is 9.10. The molecular weight excluding hydrogens is 334 g/mol. The number of aryl methyl sites for hydroxylation is 1. The van der Waals surface area contributed by atoms with Gasteiger partial charge in [0.25, 0.3) is 0 Å². The highest BCUT2D eigenvalue weighted by Gasteiger charge is 2.19. The van der Waals surface area contributed by atoms with Crippen LogP contribution in [-0.2, 0) is 9.53 Å². The van der Waals surface area contributed by atoms with Crippen LogP contribution in [0.1, 0.15) is 48.9 Å². The minimum atomic E-state index is -0.168. The van der Waals surface area contributed by atoms with Crippen molar-refractivity contribution < 1.29 is 14.3 Å². The molecule has 0 fully saturated rings. The van der Waals surface area contributed by atoms with Crippen molar-refractivity contribution in [3.05, 3.63) is 27.2 Å². The second-order valence-corrected chi connectivity index (χ2v) is 5.91. The van der Waals surface area contributed by atoms with Gasteiger partial charge in [-0.3, -0.25) is 4.79 Å². The minimum Gasteiger partial charge on any atom is -0.496 e. The molecule has 1 aromatic rings. The molecule has 5 heteroatoms. The first-order chi connectivity index (χ1) is 9.92. The van der Waals surface area contributed by atoms with Crippen molar-refractivity contribution in [2.75, 3.05) is 13.7 Å². The first-order valence-corrected chi connectivity index (χ1v) is 7.96. The Balaban J connectivity index is 2.82. The molecule has 1 aromatic carbocycles. The lowest BCUT2D eigenvalue weighted by molar-refractivity contribution is -0.143. The Bertz CT molecular complexity index is 503. The van der Waals surface area contributed by atoms with E-state index in [1.54, 1.807) is 7.11 Å². The second-order valence-electron chi connectivity index (χ2n) is 5.05. The maximum atomic E-state index is 11.4. The molecule has 0 saturated heterocycles. The van der Waals surface area contributed by atoms with Gasteiger partial charge in [-0.05, 0) is 50.8 Å². The van der Waals surface area contributed by atoms with E-state index in [4.69, 9.17) is 15.2 Å². The van der Waals surface area contributed by atoms with Crippen molar-refractivity contribution in [1.82, 2.24) is 0 Å². The van der Waals surface area contributed by atoms with Gasteiger partial charge in [0.1, 0.15) is 5.75 Å². The van der Waals surface area contributed by atoms with Crippen molar-refractivity contribution in [2.45, 2.75) is 46.1 Å². The molecule has 0 aromatic heterocycles. The van der Waals surface area contributed by atoms with Crippen LogP contribution in [0.3, 0.4) is 0 Å². The van der Waals surface area contributed by atoms with E-state index in [1.807, 2.05) is 26.8 Å². The average molecular weight is 358 g/mol. The third-order valence-corrected chi connectivity index (χ3v) is 4.31. The number of benzene rings is 1. The summed E-state index contributed by atoms with van der Waals surface area (Å²) in [5, 5.41) is 0. The van der Waals surface area contributed by atoms with Crippen molar-refractivity contribution >= 4 is 21.9 Å². The zero-order valence-corrected chi connectivity index (χ0v) is 14.7. The number of carbonyl (C=O) groups is 1. The Hall–Kier alpha value is -1.07. The van der Waals surface area contributed by atoms with E-state index >= 15 is 0 Å². The number of esters is 1. The predicted molar refractivity (Wildman–Crippen MR) is 87.6 cm³/mol. The summed E-state index contributed by atoms with van der Waals surface area (Å²) in [4.78, 5) is 11.4. The van der Waals surface area contributed by atoms with Crippen LogP contribution < -0.4 is 10.5 Å². The fourth-order valence-electron chi connectivity index (χ4n) is 2.44. The Morgan fingerprint density at radius 3 is 2.67 bits per heavy atom. The van der Waals surface area contributed by atoms with E-state index in [0.29, 0.717) is 25.9 Å². The van der Waals surface area contributed by atoms with Crippen LogP contribution in [0.15, 0.2) is 10.5 Å². The van der Waals surface area contributed by atoms with Gasteiger partial charge in [0.2, 0.25) is 0 Å². The summed E-state index contributed by atoms with van der Waals surface area (Å²) in [6.07, 6.45) is 1.82. The minimum absolute atomic E-state index is 0.162. The number of rotatable bonds is 7. The van der Waals surface area contributed by atoms with Crippen LogP contribution in [0.2, 0.25) is 0 Å². The first kappa shape index (κ1) is 18.0. The summed E-state index contributed by atoms with van der Waals surface area (Å²) in [6.45, 7) is 6.25. The highest BCUT2D eigenvalue weighted by Crippen LogP contribution is 2.37. The monoisotopic (exact) mass is 357 g/mol. The molecule has 1 rings (SSSR count). The van der Waals surface area contributed by atoms with Crippen LogP contribution in [0.5, 0.6) is 5.75 Å². The quantitative estimate of drug-likeness (QED) is 0.753. The topological polar surface area (TPSA) is 61.5 Å². The van der Waals surface area contributed by atoms with Crippen LogP contribution >= 0.6 is 15.9 Å². The molecule has 0 bridgehead atoms. The van der Waals surface area contributed by atoms with Gasteiger partial charge >= 0.3 is 5.97 Å². The third kappa shape index (κ3) is 4.71. The number of nitrogens with two attached hydrogens (primary N) is 1. The maximum Gasteiger partial charge on any atom is 0.305 e. The van der Waals surface area contributed by atoms with Crippen LogP contribution in [0.25, 0.3) is 0 Å². The SMILES string of the molecule is CCOC(=O)CCCC(N)c1c(C)c(Br)cc(C)c1OC. The molecule has 21 heavy (non-hydrogen) atoms. The first-order valence-electron chi connectivity index (χ1n) is 7.17. The summed E-state index contributed by atoms with van der Waals surface area (Å²) in [6, 6.07) is 1.87. The van der Waals surface area contributed by atoms with Crippen molar-refractivity contribution in [1.29, 1.82) is 0 Å². The van der Waals surface area contributed by atoms with E-state index in [0.717, 1.165) is 26.9 Å². The summed E-state index contributed by atoms with van der Waals surface area (Å²) < 4.78 is 11.5. The van der Waals surface area contributed by atoms with Gasteiger partial charge in [-0.2, -0.15) is 0 Å². The molecule has 0 aliphatic rings. The molecule has 0 aliphatic heterocycles.